The predicted octanol–water partition coefficient (Wildman–Crippen LogP) is 1.02. The summed E-state index contributed by atoms with van der Waals surface area (Å²) in [5, 5.41) is 28.5. The highest BCUT2D eigenvalue weighted by Gasteiger charge is 2.38. The zero-order valence-electron chi connectivity index (χ0n) is 9.46. The normalized spacial score (nSPS) is 32.5. The SMILES string of the molecule is OCC1CC(O)C(O)C(c2cccc(Cl)c2F)O1. The van der Waals surface area contributed by atoms with Gasteiger partial charge in [0.1, 0.15) is 18.0 Å². The fraction of sp³-hybridized carbons (Fsp3) is 0.500. The van der Waals surface area contributed by atoms with Gasteiger partial charge in [0.25, 0.3) is 0 Å². The van der Waals surface area contributed by atoms with Crippen LogP contribution < -0.4 is 0 Å². The summed E-state index contributed by atoms with van der Waals surface area (Å²) >= 11 is 5.66. The Labute approximate surface area is 109 Å². The molecule has 4 unspecified atom stereocenters. The summed E-state index contributed by atoms with van der Waals surface area (Å²) in [5.41, 5.74) is 0.0761. The van der Waals surface area contributed by atoms with E-state index in [0.717, 1.165) is 0 Å². The van der Waals surface area contributed by atoms with Crippen LogP contribution in [0.5, 0.6) is 0 Å². The van der Waals surface area contributed by atoms with Crippen LogP contribution in [0, 0.1) is 5.82 Å². The first-order valence-corrected chi connectivity index (χ1v) is 5.98. The molecular formula is C12H14ClFO4. The molecule has 1 fully saturated rings. The van der Waals surface area contributed by atoms with E-state index in [9.17, 15) is 14.6 Å². The molecule has 1 aliphatic rings. The Morgan fingerprint density at radius 1 is 1.39 bits per heavy atom. The minimum Gasteiger partial charge on any atom is -0.394 e. The molecule has 4 atom stereocenters. The topological polar surface area (TPSA) is 69.9 Å². The van der Waals surface area contributed by atoms with Crippen molar-refractivity contribution in [2.24, 2.45) is 0 Å². The quantitative estimate of drug-likeness (QED) is 0.754. The second kappa shape index (κ2) is 5.50. The molecule has 1 heterocycles. The standard InChI is InChI=1S/C12H14ClFO4/c13-8-3-1-2-7(10(8)14)12-11(17)9(16)4-6(5-15)18-12/h1-3,6,9,11-12,15-17H,4-5H2. The summed E-state index contributed by atoms with van der Waals surface area (Å²) in [6.45, 7) is -0.303. The maximum absolute atomic E-state index is 13.9. The van der Waals surface area contributed by atoms with Gasteiger partial charge in [0.15, 0.2) is 0 Å². The first-order valence-electron chi connectivity index (χ1n) is 5.61. The Hall–Kier alpha value is -0.720. The first kappa shape index (κ1) is 13.7. The maximum atomic E-state index is 13.9. The highest BCUT2D eigenvalue weighted by Crippen LogP contribution is 2.34. The molecule has 0 amide bonds. The van der Waals surface area contributed by atoms with E-state index in [-0.39, 0.29) is 23.6 Å². The molecule has 0 radical (unpaired) electrons. The largest absolute Gasteiger partial charge is 0.394 e. The van der Waals surface area contributed by atoms with Crippen molar-refractivity contribution in [1.82, 2.24) is 0 Å². The van der Waals surface area contributed by atoms with Crippen LogP contribution in [-0.2, 0) is 4.74 Å². The Kier molecular flexibility index (Phi) is 4.19. The lowest BCUT2D eigenvalue weighted by molar-refractivity contribution is -0.180. The van der Waals surface area contributed by atoms with Crippen molar-refractivity contribution in [3.05, 3.63) is 34.6 Å². The fourth-order valence-corrected chi connectivity index (χ4v) is 2.25. The molecule has 4 nitrogen and oxygen atoms in total. The van der Waals surface area contributed by atoms with Gasteiger partial charge in [0.05, 0.1) is 23.8 Å². The Morgan fingerprint density at radius 3 is 2.78 bits per heavy atom. The van der Waals surface area contributed by atoms with E-state index in [4.69, 9.17) is 21.4 Å². The summed E-state index contributed by atoms with van der Waals surface area (Å²) < 4.78 is 19.2. The summed E-state index contributed by atoms with van der Waals surface area (Å²) in [7, 11) is 0. The molecule has 0 aromatic heterocycles. The molecule has 2 rings (SSSR count). The number of hydrogen-bond acceptors (Lipinski definition) is 4. The van der Waals surface area contributed by atoms with Crippen LogP contribution in [0.4, 0.5) is 4.39 Å². The second-order valence-electron chi connectivity index (χ2n) is 4.30. The van der Waals surface area contributed by atoms with Gasteiger partial charge >= 0.3 is 0 Å². The molecule has 1 aromatic rings. The molecule has 6 heteroatoms. The van der Waals surface area contributed by atoms with Crippen LogP contribution >= 0.6 is 11.6 Å². The second-order valence-corrected chi connectivity index (χ2v) is 4.71. The van der Waals surface area contributed by atoms with Crippen molar-refractivity contribution in [1.29, 1.82) is 0 Å². The van der Waals surface area contributed by atoms with Crippen LogP contribution in [0.2, 0.25) is 5.02 Å². The minimum absolute atomic E-state index is 0.0761. The summed E-state index contributed by atoms with van der Waals surface area (Å²) in [4.78, 5) is 0. The molecule has 0 saturated carbocycles. The maximum Gasteiger partial charge on any atom is 0.147 e. The molecule has 1 saturated heterocycles. The summed E-state index contributed by atoms with van der Waals surface area (Å²) in [6.07, 6.45) is -3.88. The predicted molar refractivity (Wildman–Crippen MR) is 62.7 cm³/mol. The molecular weight excluding hydrogens is 263 g/mol. The molecule has 18 heavy (non-hydrogen) atoms. The molecule has 3 N–H and O–H groups in total. The number of benzene rings is 1. The third kappa shape index (κ3) is 2.50. The number of aliphatic hydroxyl groups excluding tert-OH is 3. The van der Waals surface area contributed by atoms with E-state index < -0.39 is 30.2 Å². The van der Waals surface area contributed by atoms with E-state index in [1.54, 1.807) is 0 Å². The van der Waals surface area contributed by atoms with Gasteiger partial charge in [-0.05, 0) is 6.07 Å². The lowest BCUT2D eigenvalue weighted by atomic mass is 9.93. The molecule has 100 valence electrons. The van der Waals surface area contributed by atoms with Crippen LogP contribution in [0.15, 0.2) is 18.2 Å². The van der Waals surface area contributed by atoms with Crippen LogP contribution in [0.1, 0.15) is 18.1 Å². The molecule has 0 bridgehead atoms. The number of hydrogen-bond donors (Lipinski definition) is 3. The van der Waals surface area contributed by atoms with Crippen molar-refractivity contribution >= 4 is 11.6 Å². The zero-order chi connectivity index (χ0) is 13.3. The zero-order valence-corrected chi connectivity index (χ0v) is 10.2. The smallest absolute Gasteiger partial charge is 0.147 e. The molecule has 1 aliphatic heterocycles. The third-order valence-corrected chi connectivity index (χ3v) is 3.33. The van der Waals surface area contributed by atoms with Crippen molar-refractivity contribution in [3.63, 3.8) is 0 Å². The number of aliphatic hydroxyl groups is 3. The van der Waals surface area contributed by atoms with Crippen molar-refractivity contribution in [3.8, 4) is 0 Å². The fourth-order valence-electron chi connectivity index (χ4n) is 2.07. The Balaban J connectivity index is 2.32. The highest BCUT2D eigenvalue weighted by molar-refractivity contribution is 6.30. The summed E-state index contributed by atoms with van der Waals surface area (Å²) in [6, 6.07) is 4.35. The minimum atomic E-state index is -1.25. The van der Waals surface area contributed by atoms with E-state index in [1.165, 1.54) is 18.2 Å². The third-order valence-electron chi connectivity index (χ3n) is 3.04. The lowest BCUT2D eigenvalue weighted by Gasteiger charge is -2.36. The average Bonchev–Trinajstić information content (AvgIpc) is 2.36. The first-order chi connectivity index (χ1) is 8.54. The average molecular weight is 277 g/mol. The van der Waals surface area contributed by atoms with Gasteiger partial charge in [-0.15, -0.1) is 0 Å². The van der Waals surface area contributed by atoms with E-state index in [1.807, 2.05) is 0 Å². The Morgan fingerprint density at radius 2 is 2.11 bits per heavy atom. The van der Waals surface area contributed by atoms with Crippen LogP contribution in [0.25, 0.3) is 0 Å². The van der Waals surface area contributed by atoms with Crippen molar-refractivity contribution in [2.75, 3.05) is 6.61 Å². The Bertz CT molecular complexity index is 429. The van der Waals surface area contributed by atoms with Crippen molar-refractivity contribution < 1.29 is 24.4 Å². The summed E-state index contributed by atoms with van der Waals surface area (Å²) in [5.74, 6) is -0.686. The van der Waals surface area contributed by atoms with Gasteiger partial charge in [0, 0.05) is 12.0 Å². The molecule has 0 aliphatic carbocycles. The van der Waals surface area contributed by atoms with E-state index >= 15 is 0 Å². The number of halogens is 2. The van der Waals surface area contributed by atoms with Gasteiger partial charge in [-0.1, -0.05) is 23.7 Å². The van der Waals surface area contributed by atoms with E-state index in [0.29, 0.717) is 0 Å². The molecule has 0 spiro atoms. The highest BCUT2D eigenvalue weighted by atomic mass is 35.5. The lowest BCUT2D eigenvalue weighted by Crippen LogP contribution is -2.44. The van der Waals surface area contributed by atoms with Gasteiger partial charge in [-0.25, -0.2) is 4.39 Å². The van der Waals surface area contributed by atoms with E-state index in [2.05, 4.69) is 0 Å². The van der Waals surface area contributed by atoms with Crippen molar-refractivity contribution in [2.45, 2.75) is 30.8 Å². The molecule has 1 aromatic carbocycles. The van der Waals surface area contributed by atoms with Gasteiger partial charge in [0.2, 0.25) is 0 Å². The van der Waals surface area contributed by atoms with Gasteiger partial charge in [-0.2, -0.15) is 0 Å². The van der Waals surface area contributed by atoms with Crippen LogP contribution in [0.3, 0.4) is 0 Å². The van der Waals surface area contributed by atoms with Gasteiger partial charge < -0.3 is 20.1 Å². The number of ether oxygens (including phenoxy) is 1. The van der Waals surface area contributed by atoms with Gasteiger partial charge in [-0.3, -0.25) is 0 Å². The monoisotopic (exact) mass is 276 g/mol. The number of rotatable bonds is 2. The van der Waals surface area contributed by atoms with Crippen LogP contribution in [-0.4, -0.2) is 40.2 Å².